The van der Waals surface area contributed by atoms with Gasteiger partial charge in [0, 0.05) is 0 Å². The first kappa shape index (κ1) is 16.4. The minimum atomic E-state index is -1.19. The molecule has 0 aliphatic carbocycles. The van der Waals surface area contributed by atoms with E-state index in [0.717, 1.165) is 0 Å². The Balaban J connectivity index is 4.62. The lowest BCUT2D eigenvalue weighted by atomic mass is 10.1. The largest absolute Gasteiger partial charge is 0.480 e. The maximum absolute atomic E-state index is 11.3. The number of rotatable bonds is 5. The van der Waals surface area contributed by atoms with E-state index in [4.69, 9.17) is 9.84 Å². The molecule has 104 valence electrons. The van der Waals surface area contributed by atoms with Crippen LogP contribution in [0, 0.1) is 0 Å². The first-order valence-corrected chi connectivity index (χ1v) is 5.57. The summed E-state index contributed by atoms with van der Waals surface area (Å²) < 4.78 is 10.1. The number of nitrogens with one attached hydrogen (secondary N) is 1. The van der Waals surface area contributed by atoms with E-state index >= 15 is 0 Å². The Bertz CT molecular complexity index is 332. The summed E-state index contributed by atoms with van der Waals surface area (Å²) in [4.78, 5) is 22.4. The molecule has 0 radical (unpaired) electrons. The highest BCUT2D eigenvalue weighted by Gasteiger charge is 2.30. The molecule has 6 nitrogen and oxygen atoms in total. The normalized spacial score (nSPS) is 14.5. The van der Waals surface area contributed by atoms with Gasteiger partial charge < -0.3 is 19.9 Å². The zero-order valence-electron chi connectivity index (χ0n) is 11.4. The van der Waals surface area contributed by atoms with E-state index in [1.54, 1.807) is 27.7 Å². The summed E-state index contributed by atoms with van der Waals surface area (Å²) in [6, 6.07) is -1.18. The second-order valence-corrected chi connectivity index (χ2v) is 4.99. The van der Waals surface area contributed by atoms with Crippen molar-refractivity contribution in [3.05, 3.63) is 12.3 Å². The van der Waals surface area contributed by atoms with Crippen LogP contribution in [-0.4, -0.2) is 34.9 Å². The molecule has 0 aromatic rings. The van der Waals surface area contributed by atoms with E-state index in [2.05, 4.69) is 16.6 Å². The van der Waals surface area contributed by atoms with Gasteiger partial charge in [0.05, 0.1) is 17.5 Å². The summed E-state index contributed by atoms with van der Waals surface area (Å²) >= 11 is 0. The molecule has 0 rings (SSSR count). The minimum Gasteiger partial charge on any atom is -0.480 e. The van der Waals surface area contributed by atoms with E-state index in [9.17, 15) is 9.59 Å². The monoisotopic (exact) mass is 259 g/mol. The Morgan fingerprint density at radius 2 is 1.83 bits per heavy atom. The molecular weight excluding hydrogens is 238 g/mol. The average Bonchev–Trinajstić information content (AvgIpc) is 2.09. The predicted octanol–water partition coefficient (Wildman–Crippen LogP) is 1.90. The summed E-state index contributed by atoms with van der Waals surface area (Å²) in [6.07, 6.45) is -1.56. The van der Waals surface area contributed by atoms with Crippen molar-refractivity contribution in [2.24, 2.45) is 0 Å². The third kappa shape index (κ3) is 6.90. The van der Waals surface area contributed by atoms with Gasteiger partial charge in [-0.3, -0.25) is 0 Å². The molecule has 0 saturated heterocycles. The molecule has 2 atom stereocenters. The number of hydrogen-bond acceptors (Lipinski definition) is 4. The van der Waals surface area contributed by atoms with Gasteiger partial charge in [-0.2, -0.15) is 0 Å². The van der Waals surface area contributed by atoms with Crippen molar-refractivity contribution in [3.8, 4) is 0 Å². The van der Waals surface area contributed by atoms with Crippen molar-refractivity contribution in [3.63, 3.8) is 0 Å². The predicted molar refractivity (Wildman–Crippen MR) is 66.2 cm³/mol. The van der Waals surface area contributed by atoms with Crippen LogP contribution in [0.5, 0.6) is 0 Å². The second kappa shape index (κ2) is 6.39. The van der Waals surface area contributed by atoms with Gasteiger partial charge in [-0.25, -0.2) is 9.59 Å². The van der Waals surface area contributed by atoms with Crippen molar-refractivity contribution >= 4 is 12.1 Å². The quantitative estimate of drug-likeness (QED) is 0.737. The highest BCUT2D eigenvalue weighted by atomic mass is 16.6. The highest BCUT2D eigenvalue weighted by Crippen LogP contribution is 2.13. The first-order chi connectivity index (χ1) is 8.03. The van der Waals surface area contributed by atoms with Gasteiger partial charge in [0.1, 0.15) is 0 Å². The Hall–Kier alpha value is -1.56. The first-order valence-electron chi connectivity index (χ1n) is 5.57. The fourth-order valence-corrected chi connectivity index (χ4v) is 1.32. The Morgan fingerprint density at radius 1 is 1.33 bits per heavy atom. The molecule has 0 aromatic heterocycles. The number of allylic oxidation sites excluding steroid dienone is 1. The molecular formula is C12H21NO5. The maximum atomic E-state index is 11.3. The van der Waals surface area contributed by atoms with Crippen LogP contribution in [0.15, 0.2) is 12.3 Å². The Labute approximate surface area is 107 Å². The summed E-state index contributed by atoms with van der Waals surface area (Å²) in [6.45, 7) is 11.9. The number of carboxylic acid groups (broad SMARTS) is 1. The number of aliphatic carboxylic acids is 1. The number of amides is 1. The SMILES string of the molecule is C=C(C)OC(=O)N[C@H](C(=O)O)[C@@H](C)OC(C)(C)C. The Morgan fingerprint density at radius 3 is 2.17 bits per heavy atom. The van der Waals surface area contributed by atoms with Crippen LogP contribution >= 0.6 is 0 Å². The third-order valence-electron chi connectivity index (χ3n) is 1.82. The summed E-state index contributed by atoms with van der Waals surface area (Å²) in [5.41, 5.74) is -0.507. The molecule has 0 aromatic carbocycles. The van der Waals surface area contributed by atoms with Gasteiger partial charge in [0.25, 0.3) is 0 Å². The van der Waals surface area contributed by atoms with Gasteiger partial charge in [-0.1, -0.05) is 6.58 Å². The molecule has 1 amide bonds. The van der Waals surface area contributed by atoms with E-state index in [-0.39, 0.29) is 5.76 Å². The molecule has 0 unspecified atom stereocenters. The zero-order valence-corrected chi connectivity index (χ0v) is 11.4. The van der Waals surface area contributed by atoms with Crippen molar-refractivity contribution in [1.82, 2.24) is 5.32 Å². The lowest BCUT2D eigenvalue weighted by Gasteiger charge is -2.29. The molecule has 0 aliphatic heterocycles. The van der Waals surface area contributed by atoms with Crippen LogP contribution in [0.1, 0.15) is 34.6 Å². The minimum absolute atomic E-state index is 0.182. The average molecular weight is 259 g/mol. The summed E-state index contributed by atoms with van der Waals surface area (Å²) in [7, 11) is 0. The van der Waals surface area contributed by atoms with Gasteiger partial charge in [0.2, 0.25) is 0 Å². The standard InChI is InChI=1S/C12H21NO5/c1-7(2)17-11(16)13-9(10(14)15)8(3)18-12(4,5)6/h8-9H,1H2,2-6H3,(H,13,16)(H,14,15)/t8-,9+/m1/s1. The molecule has 0 heterocycles. The van der Waals surface area contributed by atoms with E-state index < -0.39 is 29.8 Å². The fourth-order valence-electron chi connectivity index (χ4n) is 1.32. The van der Waals surface area contributed by atoms with Crippen LogP contribution in [0.4, 0.5) is 4.79 Å². The van der Waals surface area contributed by atoms with Crippen molar-refractivity contribution in [2.45, 2.75) is 52.4 Å². The number of carbonyl (C=O) groups excluding carboxylic acids is 1. The van der Waals surface area contributed by atoms with Crippen molar-refractivity contribution < 1.29 is 24.2 Å². The molecule has 0 spiro atoms. The van der Waals surface area contributed by atoms with Gasteiger partial charge in [-0.05, 0) is 34.6 Å². The van der Waals surface area contributed by atoms with Crippen LogP contribution in [0.25, 0.3) is 0 Å². The molecule has 2 N–H and O–H groups in total. The summed E-state index contributed by atoms with van der Waals surface area (Å²) in [5, 5.41) is 11.3. The van der Waals surface area contributed by atoms with Crippen LogP contribution < -0.4 is 5.32 Å². The van der Waals surface area contributed by atoms with Crippen LogP contribution in [0.3, 0.4) is 0 Å². The van der Waals surface area contributed by atoms with Gasteiger partial charge in [0.15, 0.2) is 6.04 Å². The fraction of sp³-hybridized carbons (Fsp3) is 0.667. The molecule has 0 bridgehead atoms. The second-order valence-electron chi connectivity index (χ2n) is 4.99. The summed E-state index contributed by atoms with van der Waals surface area (Å²) in [5.74, 6) is -1.01. The maximum Gasteiger partial charge on any atom is 0.413 e. The van der Waals surface area contributed by atoms with E-state index in [1.165, 1.54) is 6.92 Å². The van der Waals surface area contributed by atoms with Crippen molar-refractivity contribution in [2.75, 3.05) is 0 Å². The van der Waals surface area contributed by atoms with Gasteiger partial charge >= 0.3 is 12.1 Å². The zero-order chi connectivity index (χ0) is 14.5. The smallest absolute Gasteiger partial charge is 0.413 e. The number of carboxylic acids is 1. The Kier molecular flexibility index (Phi) is 5.84. The molecule has 0 aliphatic rings. The lowest BCUT2D eigenvalue weighted by molar-refractivity contribution is -0.147. The third-order valence-corrected chi connectivity index (χ3v) is 1.82. The molecule has 0 fully saturated rings. The van der Waals surface area contributed by atoms with Crippen LogP contribution in [0.2, 0.25) is 0 Å². The molecule has 0 saturated carbocycles. The number of hydrogen-bond donors (Lipinski definition) is 2. The topological polar surface area (TPSA) is 84.9 Å². The molecule has 6 heteroatoms. The van der Waals surface area contributed by atoms with Crippen molar-refractivity contribution in [1.29, 1.82) is 0 Å². The number of alkyl carbamates (subject to hydrolysis) is 1. The van der Waals surface area contributed by atoms with Crippen LogP contribution in [-0.2, 0) is 14.3 Å². The van der Waals surface area contributed by atoms with E-state index in [0.29, 0.717) is 0 Å². The lowest BCUT2D eigenvalue weighted by Crippen LogP contribution is -2.50. The number of carbonyl (C=O) groups is 2. The molecule has 18 heavy (non-hydrogen) atoms. The van der Waals surface area contributed by atoms with Gasteiger partial charge in [-0.15, -0.1) is 0 Å². The highest BCUT2D eigenvalue weighted by molar-refractivity contribution is 5.80. The number of ether oxygens (including phenoxy) is 2. The van der Waals surface area contributed by atoms with E-state index in [1.807, 2.05) is 0 Å².